The van der Waals surface area contributed by atoms with Crippen molar-refractivity contribution < 1.29 is 13.9 Å². The number of benzene rings is 4. The summed E-state index contributed by atoms with van der Waals surface area (Å²) < 4.78 is 10.9. The summed E-state index contributed by atoms with van der Waals surface area (Å²) in [5, 5.41) is 6.92. The van der Waals surface area contributed by atoms with Crippen LogP contribution in [0.1, 0.15) is 22.3 Å². The minimum absolute atomic E-state index is 0.00290. The molecule has 0 fully saturated rings. The van der Waals surface area contributed by atoms with Gasteiger partial charge in [0.2, 0.25) is 5.91 Å². The second kappa shape index (κ2) is 13.0. The molecule has 1 aromatic heterocycles. The molecular formula is C34H34N4O4. The standard InChI is InChI=1S/C34H34N4O4/c1-23-28(35-21-25-10-6-4-7-11-25)18-19-29-31(23)33(40)42-34(36-29)37-30(20-24-14-16-27(41-3)17-15-24)32(39)38(2)22-26-12-8-5-9-13-26/h4-19,30,35H,20-22H2,1-3H3,(H,36,37)/t30-/m0/s1. The first kappa shape index (κ1) is 28.4. The lowest BCUT2D eigenvalue weighted by molar-refractivity contribution is -0.131. The number of nitrogens with one attached hydrogen (secondary N) is 2. The lowest BCUT2D eigenvalue weighted by Gasteiger charge is -2.25. The molecule has 0 spiro atoms. The van der Waals surface area contributed by atoms with E-state index in [-0.39, 0.29) is 11.9 Å². The molecule has 0 aliphatic heterocycles. The first-order valence-corrected chi connectivity index (χ1v) is 13.8. The SMILES string of the molecule is COc1ccc(C[C@H](Nc2nc3ccc(NCc4ccccc4)c(C)c3c(=O)o2)C(=O)N(C)Cc2ccccc2)cc1. The van der Waals surface area contributed by atoms with Crippen LogP contribution < -0.4 is 21.0 Å². The maximum absolute atomic E-state index is 13.7. The second-order valence-electron chi connectivity index (χ2n) is 10.2. The Kier molecular flexibility index (Phi) is 8.82. The fourth-order valence-electron chi connectivity index (χ4n) is 4.91. The van der Waals surface area contributed by atoms with Crippen LogP contribution in [-0.4, -0.2) is 36.0 Å². The highest BCUT2D eigenvalue weighted by molar-refractivity contribution is 5.87. The number of carbonyl (C=O) groups excluding carboxylic acids is 1. The molecule has 214 valence electrons. The Morgan fingerprint density at radius 2 is 1.57 bits per heavy atom. The summed E-state index contributed by atoms with van der Waals surface area (Å²) in [6, 6.07) is 30.3. The van der Waals surface area contributed by atoms with Gasteiger partial charge in [0.1, 0.15) is 11.8 Å². The highest BCUT2D eigenvalue weighted by Gasteiger charge is 2.25. The number of fused-ring (bicyclic) bond motifs is 1. The van der Waals surface area contributed by atoms with E-state index in [1.807, 2.05) is 97.9 Å². The molecule has 42 heavy (non-hydrogen) atoms. The quantitative estimate of drug-likeness (QED) is 0.210. The average molecular weight is 563 g/mol. The van der Waals surface area contributed by atoms with Gasteiger partial charge in [-0.1, -0.05) is 72.8 Å². The Morgan fingerprint density at radius 1 is 0.905 bits per heavy atom. The van der Waals surface area contributed by atoms with Crippen LogP contribution in [0.25, 0.3) is 10.9 Å². The van der Waals surface area contributed by atoms with E-state index in [1.54, 1.807) is 25.1 Å². The number of rotatable bonds is 11. The molecular weight excluding hydrogens is 528 g/mol. The number of aryl methyl sites for hydroxylation is 1. The van der Waals surface area contributed by atoms with Crippen LogP contribution in [0.2, 0.25) is 0 Å². The van der Waals surface area contributed by atoms with E-state index in [0.29, 0.717) is 30.4 Å². The van der Waals surface area contributed by atoms with Crippen molar-refractivity contribution in [1.82, 2.24) is 9.88 Å². The molecule has 2 N–H and O–H groups in total. The van der Waals surface area contributed by atoms with Gasteiger partial charge >= 0.3 is 5.63 Å². The summed E-state index contributed by atoms with van der Waals surface area (Å²) in [5.74, 6) is 0.571. The highest BCUT2D eigenvalue weighted by Crippen LogP contribution is 2.24. The first-order valence-electron chi connectivity index (χ1n) is 13.8. The van der Waals surface area contributed by atoms with Crippen molar-refractivity contribution in [3.05, 3.63) is 130 Å². The maximum Gasteiger partial charge on any atom is 0.348 e. The molecule has 1 atom stereocenters. The van der Waals surface area contributed by atoms with Gasteiger partial charge in [0.05, 0.1) is 18.0 Å². The van der Waals surface area contributed by atoms with E-state index in [9.17, 15) is 9.59 Å². The molecule has 0 saturated carbocycles. The number of amides is 1. The van der Waals surface area contributed by atoms with Crippen molar-refractivity contribution in [3.63, 3.8) is 0 Å². The van der Waals surface area contributed by atoms with Crippen LogP contribution in [0.15, 0.2) is 106 Å². The fraction of sp³-hybridized carbons (Fsp3) is 0.206. The zero-order valence-corrected chi connectivity index (χ0v) is 24.0. The molecule has 0 aliphatic carbocycles. The molecule has 0 aliphatic rings. The van der Waals surface area contributed by atoms with Gasteiger partial charge in [-0.25, -0.2) is 4.79 Å². The minimum Gasteiger partial charge on any atom is -0.497 e. The van der Waals surface area contributed by atoms with Gasteiger partial charge in [-0.05, 0) is 53.4 Å². The number of hydrogen-bond acceptors (Lipinski definition) is 7. The van der Waals surface area contributed by atoms with Crippen LogP contribution in [-0.2, 0) is 24.3 Å². The molecule has 4 aromatic carbocycles. The third-order valence-electron chi connectivity index (χ3n) is 7.22. The molecule has 0 radical (unpaired) electrons. The van der Waals surface area contributed by atoms with Gasteiger partial charge < -0.3 is 24.7 Å². The number of nitrogens with zero attached hydrogens (tertiary/aromatic N) is 2. The maximum atomic E-state index is 13.7. The van der Waals surface area contributed by atoms with E-state index >= 15 is 0 Å². The normalized spacial score (nSPS) is 11.6. The van der Waals surface area contributed by atoms with Crippen LogP contribution in [0.5, 0.6) is 5.75 Å². The lowest BCUT2D eigenvalue weighted by atomic mass is 10.0. The summed E-state index contributed by atoms with van der Waals surface area (Å²) in [6.07, 6.45) is 0.354. The van der Waals surface area contributed by atoms with Crippen molar-refractivity contribution in [2.24, 2.45) is 0 Å². The Morgan fingerprint density at radius 3 is 2.24 bits per heavy atom. The number of likely N-dealkylation sites (N-methyl/N-ethyl adjacent to an activating group) is 1. The van der Waals surface area contributed by atoms with Crippen molar-refractivity contribution in [2.45, 2.75) is 32.5 Å². The number of ether oxygens (including phenoxy) is 1. The zero-order valence-electron chi connectivity index (χ0n) is 24.0. The van der Waals surface area contributed by atoms with Gasteiger partial charge in [-0.3, -0.25) is 4.79 Å². The minimum atomic E-state index is -0.729. The molecule has 1 amide bonds. The van der Waals surface area contributed by atoms with Gasteiger partial charge in [0.15, 0.2) is 0 Å². The summed E-state index contributed by atoms with van der Waals surface area (Å²) in [4.78, 5) is 33.2. The topological polar surface area (TPSA) is 96.7 Å². The van der Waals surface area contributed by atoms with E-state index in [0.717, 1.165) is 33.7 Å². The van der Waals surface area contributed by atoms with E-state index in [4.69, 9.17) is 9.15 Å². The monoisotopic (exact) mass is 562 g/mol. The van der Waals surface area contributed by atoms with Gasteiger partial charge in [0.25, 0.3) is 6.01 Å². The highest BCUT2D eigenvalue weighted by atomic mass is 16.5. The fourth-order valence-corrected chi connectivity index (χ4v) is 4.91. The summed E-state index contributed by atoms with van der Waals surface area (Å²) in [7, 11) is 3.37. The van der Waals surface area contributed by atoms with E-state index in [1.165, 1.54) is 0 Å². The van der Waals surface area contributed by atoms with Gasteiger partial charge in [-0.2, -0.15) is 4.98 Å². The molecule has 8 heteroatoms. The largest absolute Gasteiger partial charge is 0.497 e. The molecule has 0 bridgehead atoms. The number of anilines is 2. The molecule has 5 aromatic rings. The predicted octanol–water partition coefficient (Wildman–Crippen LogP) is 5.80. The molecule has 0 unspecified atom stereocenters. The Balaban J connectivity index is 1.40. The third kappa shape index (κ3) is 6.78. The van der Waals surface area contributed by atoms with Gasteiger partial charge in [-0.15, -0.1) is 0 Å². The summed E-state index contributed by atoms with van der Waals surface area (Å²) in [6.45, 7) is 2.93. The number of methoxy groups -OCH3 is 1. The first-order chi connectivity index (χ1) is 20.4. The smallest absolute Gasteiger partial charge is 0.348 e. The van der Waals surface area contributed by atoms with E-state index in [2.05, 4.69) is 15.6 Å². The Hall–Kier alpha value is -5.11. The zero-order chi connectivity index (χ0) is 29.5. The second-order valence-corrected chi connectivity index (χ2v) is 10.2. The summed E-state index contributed by atoms with van der Waals surface area (Å²) in [5.41, 5.74) is 4.62. The van der Waals surface area contributed by atoms with Crippen LogP contribution in [0.3, 0.4) is 0 Å². The van der Waals surface area contributed by atoms with E-state index < -0.39 is 11.7 Å². The van der Waals surface area contributed by atoms with Crippen LogP contribution >= 0.6 is 0 Å². The Labute approximate surface area is 245 Å². The lowest BCUT2D eigenvalue weighted by Crippen LogP contribution is -2.42. The van der Waals surface area contributed by atoms with Crippen LogP contribution in [0, 0.1) is 6.92 Å². The van der Waals surface area contributed by atoms with Crippen LogP contribution in [0.4, 0.5) is 11.7 Å². The molecule has 8 nitrogen and oxygen atoms in total. The number of aromatic nitrogens is 1. The predicted molar refractivity (Wildman–Crippen MR) is 166 cm³/mol. The number of carbonyl (C=O) groups is 1. The van der Waals surface area contributed by atoms with Crippen molar-refractivity contribution in [1.29, 1.82) is 0 Å². The Bertz CT molecular complexity index is 1700. The van der Waals surface area contributed by atoms with Crippen molar-refractivity contribution >= 4 is 28.5 Å². The molecule has 5 rings (SSSR count). The summed E-state index contributed by atoms with van der Waals surface area (Å²) >= 11 is 0. The van der Waals surface area contributed by atoms with Crippen molar-refractivity contribution in [2.75, 3.05) is 24.8 Å². The molecule has 0 saturated heterocycles. The third-order valence-corrected chi connectivity index (χ3v) is 7.22. The van der Waals surface area contributed by atoms with Crippen molar-refractivity contribution in [3.8, 4) is 5.75 Å². The number of hydrogen-bond donors (Lipinski definition) is 2. The molecule has 1 heterocycles. The average Bonchev–Trinajstić information content (AvgIpc) is 3.01. The van der Waals surface area contributed by atoms with Gasteiger partial charge in [0, 0.05) is 32.2 Å².